The van der Waals surface area contributed by atoms with E-state index < -0.39 is 0 Å². The minimum Gasteiger partial charge on any atom is -0.382 e. The van der Waals surface area contributed by atoms with Crippen LogP contribution in [0, 0.1) is 0 Å². The van der Waals surface area contributed by atoms with E-state index in [-0.39, 0.29) is 0 Å². The quantitative estimate of drug-likeness (QED) is 0.709. The lowest BCUT2D eigenvalue weighted by Crippen LogP contribution is -2.13. The Labute approximate surface area is 96.8 Å². The molecule has 1 rings (SSSR count). The highest BCUT2D eigenvalue weighted by Gasteiger charge is 1.99. The Hall–Kier alpha value is -1.36. The van der Waals surface area contributed by atoms with E-state index in [0.29, 0.717) is 5.95 Å². The molecule has 0 saturated heterocycles. The summed E-state index contributed by atoms with van der Waals surface area (Å²) in [5.41, 5.74) is 0. The van der Waals surface area contributed by atoms with Crippen molar-refractivity contribution in [3.8, 4) is 0 Å². The van der Waals surface area contributed by atoms with Crippen LogP contribution < -0.4 is 10.2 Å². The van der Waals surface area contributed by atoms with E-state index >= 15 is 0 Å². The number of nitrogens with one attached hydrogen (secondary N) is 1. The minimum atomic E-state index is 0.669. The van der Waals surface area contributed by atoms with Crippen LogP contribution in [0.4, 0.5) is 11.8 Å². The monoisotopic (exact) mass is 224 g/mol. The molecule has 0 atom stereocenters. The maximum Gasteiger partial charge on any atom is 0.224 e. The van der Waals surface area contributed by atoms with Crippen LogP contribution in [-0.2, 0) is 4.74 Å². The van der Waals surface area contributed by atoms with E-state index in [1.165, 1.54) is 0 Å². The van der Waals surface area contributed by atoms with Gasteiger partial charge in [0.25, 0.3) is 0 Å². The third kappa shape index (κ3) is 4.44. The average Bonchev–Trinajstić information content (AvgIpc) is 2.29. The standard InChI is InChI=1S/C11H20N4O/c1-4-16-9-5-7-12-11-13-8-6-10(14-11)15(2)3/h6,8H,4-5,7,9H2,1-3H3,(H,12,13,14). The lowest BCUT2D eigenvalue weighted by molar-refractivity contribution is 0.147. The van der Waals surface area contributed by atoms with Gasteiger partial charge in [0, 0.05) is 40.1 Å². The molecule has 0 aliphatic heterocycles. The number of rotatable bonds is 7. The van der Waals surface area contributed by atoms with Gasteiger partial charge in [-0.15, -0.1) is 0 Å². The van der Waals surface area contributed by atoms with Crippen LogP contribution in [0.1, 0.15) is 13.3 Å². The Morgan fingerprint density at radius 1 is 1.44 bits per heavy atom. The molecule has 0 amide bonds. The van der Waals surface area contributed by atoms with Crippen LogP contribution in [0.3, 0.4) is 0 Å². The zero-order valence-electron chi connectivity index (χ0n) is 10.2. The molecular weight excluding hydrogens is 204 g/mol. The first-order valence-electron chi connectivity index (χ1n) is 5.56. The molecule has 0 fully saturated rings. The first-order chi connectivity index (χ1) is 7.74. The third-order valence-electron chi connectivity index (χ3n) is 2.05. The SMILES string of the molecule is CCOCCCNc1nccc(N(C)C)n1. The van der Waals surface area contributed by atoms with Crippen LogP contribution in [0.25, 0.3) is 0 Å². The van der Waals surface area contributed by atoms with Crippen molar-refractivity contribution in [1.82, 2.24) is 9.97 Å². The maximum atomic E-state index is 5.24. The second kappa shape index (κ2) is 7.00. The zero-order valence-corrected chi connectivity index (χ0v) is 10.2. The molecule has 1 aromatic rings. The number of aromatic nitrogens is 2. The first-order valence-corrected chi connectivity index (χ1v) is 5.56. The fourth-order valence-electron chi connectivity index (χ4n) is 1.20. The van der Waals surface area contributed by atoms with Gasteiger partial charge in [0.05, 0.1) is 0 Å². The molecule has 5 nitrogen and oxygen atoms in total. The highest BCUT2D eigenvalue weighted by atomic mass is 16.5. The highest BCUT2D eigenvalue weighted by Crippen LogP contribution is 2.07. The molecule has 1 heterocycles. The predicted octanol–water partition coefficient (Wildman–Crippen LogP) is 1.38. The summed E-state index contributed by atoms with van der Waals surface area (Å²) < 4.78 is 5.24. The van der Waals surface area contributed by atoms with Crippen molar-refractivity contribution in [3.05, 3.63) is 12.3 Å². The topological polar surface area (TPSA) is 50.3 Å². The fraction of sp³-hybridized carbons (Fsp3) is 0.636. The molecule has 16 heavy (non-hydrogen) atoms. The van der Waals surface area contributed by atoms with Crippen molar-refractivity contribution >= 4 is 11.8 Å². The molecule has 1 N–H and O–H groups in total. The number of ether oxygens (including phenoxy) is 1. The van der Waals surface area contributed by atoms with E-state index in [1.807, 2.05) is 32.0 Å². The van der Waals surface area contributed by atoms with Gasteiger partial charge in [-0.1, -0.05) is 0 Å². The van der Waals surface area contributed by atoms with E-state index in [4.69, 9.17) is 4.74 Å². The van der Waals surface area contributed by atoms with Crippen LogP contribution in [0.2, 0.25) is 0 Å². The fourth-order valence-corrected chi connectivity index (χ4v) is 1.20. The summed E-state index contributed by atoms with van der Waals surface area (Å²) in [6, 6.07) is 1.88. The zero-order chi connectivity index (χ0) is 11.8. The summed E-state index contributed by atoms with van der Waals surface area (Å²) in [5.74, 6) is 1.57. The normalized spacial score (nSPS) is 10.2. The van der Waals surface area contributed by atoms with Crippen molar-refractivity contribution < 1.29 is 4.74 Å². The summed E-state index contributed by atoms with van der Waals surface area (Å²) >= 11 is 0. The average molecular weight is 224 g/mol. The molecule has 5 heteroatoms. The Bertz CT molecular complexity index is 304. The molecule has 0 spiro atoms. The first kappa shape index (κ1) is 12.7. The van der Waals surface area contributed by atoms with Crippen LogP contribution >= 0.6 is 0 Å². The molecule has 0 radical (unpaired) electrons. The Morgan fingerprint density at radius 3 is 2.94 bits per heavy atom. The van der Waals surface area contributed by atoms with Crippen LogP contribution in [0.15, 0.2) is 12.3 Å². The van der Waals surface area contributed by atoms with Gasteiger partial charge in [0.15, 0.2) is 0 Å². The van der Waals surface area contributed by atoms with Gasteiger partial charge in [0.2, 0.25) is 5.95 Å². The van der Waals surface area contributed by atoms with E-state index in [1.54, 1.807) is 6.20 Å². The molecule has 0 aliphatic rings. The van der Waals surface area contributed by atoms with Crippen molar-refractivity contribution in [2.75, 3.05) is 44.1 Å². The second-order valence-corrected chi connectivity index (χ2v) is 3.61. The molecule has 0 aromatic carbocycles. The van der Waals surface area contributed by atoms with Crippen molar-refractivity contribution in [1.29, 1.82) is 0 Å². The van der Waals surface area contributed by atoms with Gasteiger partial charge < -0.3 is 15.0 Å². The second-order valence-electron chi connectivity index (χ2n) is 3.61. The largest absolute Gasteiger partial charge is 0.382 e. The van der Waals surface area contributed by atoms with Gasteiger partial charge in [-0.25, -0.2) is 4.98 Å². The smallest absolute Gasteiger partial charge is 0.224 e. The minimum absolute atomic E-state index is 0.669. The van der Waals surface area contributed by atoms with Crippen molar-refractivity contribution in [2.45, 2.75) is 13.3 Å². The lowest BCUT2D eigenvalue weighted by Gasteiger charge is -2.12. The summed E-state index contributed by atoms with van der Waals surface area (Å²) in [7, 11) is 3.92. The van der Waals surface area contributed by atoms with Gasteiger partial charge in [-0.2, -0.15) is 4.98 Å². The highest BCUT2D eigenvalue weighted by molar-refractivity contribution is 5.40. The van der Waals surface area contributed by atoms with E-state index in [2.05, 4.69) is 15.3 Å². The Balaban J connectivity index is 2.33. The van der Waals surface area contributed by atoms with Gasteiger partial charge in [-0.3, -0.25) is 0 Å². The van der Waals surface area contributed by atoms with Gasteiger partial charge in [-0.05, 0) is 19.4 Å². The van der Waals surface area contributed by atoms with Gasteiger partial charge in [0.1, 0.15) is 5.82 Å². The lowest BCUT2D eigenvalue weighted by atomic mass is 10.4. The Kier molecular flexibility index (Phi) is 5.56. The van der Waals surface area contributed by atoms with Crippen LogP contribution in [0.5, 0.6) is 0 Å². The number of hydrogen-bond acceptors (Lipinski definition) is 5. The number of hydrogen-bond donors (Lipinski definition) is 1. The molecule has 0 saturated carbocycles. The molecule has 0 bridgehead atoms. The van der Waals surface area contributed by atoms with Crippen molar-refractivity contribution in [3.63, 3.8) is 0 Å². The maximum absolute atomic E-state index is 5.24. The summed E-state index contributed by atoms with van der Waals surface area (Å²) in [6.07, 6.45) is 2.72. The molecular formula is C11H20N4O. The molecule has 1 aromatic heterocycles. The number of anilines is 2. The third-order valence-corrected chi connectivity index (χ3v) is 2.05. The summed E-state index contributed by atoms with van der Waals surface area (Å²) in [5, 5.41) is 3.17. The summed E-state index contributed by atoms with van der Waals surface area (Å²) in [6.45, 7) is 4.37. The Morgan fingerprint density at radius 2 is 2.25 bits per heavy atom. The number of nitrogens with zero attached hydrogens (tertiary/aromatic N) is 3. The van der Waals surface area contributed by atoms with Crippen molar-refractivity contribution in [2.24, 2.45) is 0 Å². The van der Waals surface area contributed by atoms with E-state index in [9.17, 15) is 0 Å². The molecule has 0 aliphatic carbocycles. The summed E-state index contributed by atoms with van der Waals surface area (Å²) in [4.78, 5) is 10.5. The predicted molar refractivity (Wildman–Crippen MR) is 66.0 cm³/mol. The van der Waals surface area contributed by atoms with E-state index in [0.717, 1.165) is 32.0 Å². The molecule has 0 unspecified atom stereocenters. The molecule has 90 valence electrons. The van der Waals surface area contributed by atoms with Crippen LogP contribution in [-0.4, -0.2) is 43.8 Å². The van der Waals surface area contributed by atoms with Gasteiger partial charge >= 0.3 is 0 Å².